The molecule has 1 N–H and O–H groups in total. The van der Waals surface area contributed by atoms with Gasteiger partial charge in [-0.2, -0.15) is 0 Å². The zero-order valence-electron chi connectivity index (χ0n) is 13.9. The summed E-state index contributed by atoms with van der Waals surface area (Å²) in [7, 11) is 0. The average molecular weight is 327 g/mol. The van der Waals surface area contributed by atoms with E-state index in [1.54, 1.807) is 31.2 Å². The van der Waals surface area contributed by atoms with E-state index in [9.17, 15) is 9.59 Å². The van der Waals surface area contributed by atoms with Crippen LogP contribution in [0.4, 0.5) is 0 Å². The Morgan fingerprint density at radius 2 is 1.88 bits per heavy atom. The molecular formula is C19H21NO4. The SMILES string of the molecule is CCN(CC(=O)O)C(=O)c1cccc(OCc2cccc(C)c2)c1. The smallest absolute Gasteiger partial charge is 0.323 e. The highest BCUT2D eigenvalue weighted by Gasteiger charge is 2.17. The minimum Gasteiger partial charge on any atom is -0.489 e. The molecule has 0 saturated carbocycles. The number of carboxylic acid groups (broad SMARTS) is 1. The summed E-state index contributed by atoms with van der Waals surface area (Å²) in [5, 5.41) is 8.88. The molecule has 0 heterocycles. The van der Waals surface area contributed by atoms with Gasteiger partial charge >= 0.3 is 5.97 Å². The van der Waals surface area contributed by atoms with Crippen molar-refractivity contribution in [1.82, 2.24) is 4.90 Å². The molecule has 2 aromatic carbocycles. The highest BCUT2D eigenvalue weighted by Crippen LogP contribution is 2.17. The largest absolute Gasteiger partial charge is 0.489 e. The summed E-state index contributed by atoms with van der Waals surface area (Å²) in [6, 6.07) is 14.8. The number of rotatable bonds is 7. The van der Waals surface area contributed by atoms with Crippen LogP contribution in [0.25, 0.3) is 0 Å². The summed E-state index contributed by atoms with van der Waals surface area (Å²) in [5.41, 5.74) is 2.62. The Labute approximate surface area is 141 Å². The molecule has 0 saturated heterocycles. The monoisotopic (exact) mass is 327 g/mol. The van der Waals surface area contributed by atoms with Gasteiger partial charge in [0.2, 0.25) is 0 Å². The molecule has 5 nitrogen and oxygen atoms in total. The standard InChI is InChI=1S/C19H21NO4/c1-3-20(12-18(21)22)19(23)16-8-5-9-17(11-16)24-13-15-7-4-6-14(2)10-15/h4-11H,3,12-13H2,1-2H3,(H,21,22). The predicted molar refractivity (Wildman–Crippen MR) is 91.2 cm³/mol. The van der Waals surface area contributed by atoms with Crippen molar-refractivity contribution < 1.29 is 19.4 Å². The molecule has 0 fully saturated rings. The first-order valence-corrected chi connectivity index (χ1v) is 7.79. The molecule has 0 aliphatic heterocycles. The van der Waals surface area contributed by atoms with Gasteiger partial charge in [-0.25, -0.2) is 0 Å². The number of hydrogen-bond donors (Lipinski definition) is 1. The van der Waals surface area contributed by atoms with E-state index in [1.165, 1.54) is 4.90 Å². The number of carbonyl (C=O) groups is 2. The molecule has 1 amide bonds. The van der Waals surface area contributed by atoms with Crippen molar-refractivity contribution in [3.8, 4) is 5.75 Å². The third kappa shape index (κ3) is 4.84. The molecule has 2 rings (SSSR count). The Morgan fingerprint density at radius 1 is 1.12 bits per heavy atom. The molecule has 24 heavy (non-hydrogen) atoms. The Balaban J connectivity index is 2.07. The fraction of sp³-hybridized carbons (Fsp3) is 0.263. The Bertz CT molecular complexity index is 727. The number of nitrogens with zero attached hydrogens (tertiary/aromatic N) is 1. The van der Waals surface area contributed by atoms with Crippen LogP contribution in [0, 0.1) is 6.92 Å². The molecule has 2 aromatic rings. The summed E-state index contributed by atoms with van der Waals surface area (Å²) < 4.78 is 5.75. The van der Waals surface area contributed by atoms with Crippen LogP contribution >= 0.6 is 0 Å². The quantitative estimate of drug-likeness (QED) is 0.848. The molecule has 0 aliphatic carbocycles. The van der Waals surface area contributed by atoms with Gasteiger partial charge < -0.3 is 14.7 Å². The fourth-order valence-corrected chi connectivity index (χ4v) is 2.36. The molecule has 0 aromatic heterocycles. The first-order chi connectivity index (χ1) is 11.5. The maximum absolute atomic E-state index is 12.4. The van der Waals surface area contributed by atoms with Gasteiger partial charge in [0.25, 0.3) is 5.91 Å². The van der Waals surface area contributed by atoms with Crippen molar-refractivity contribution in [3.63, 3.8) is 0 Å². The van der Waals surface area contributed by atoms with E-state index in [0.717, 1.165) is 11.1 Å². The van der Waals surface area contributed by atoms with Crippen LogP contribution in [-0.4, -0.2) is 35.0 Å². The minimum atomic E-state index is -1.03. The highest BCUT2D eigenvalue weighted by atomic mass is 16.5. The van der Waals surface area contributed by atoms with Gasteiger partial charge in [-0.15, -0.1) is 0 Å². The summed E-state index contributed by atoms with van der Waals surface area (Å²) in [6.45, 7) is 4.19. The van der Waals surface area contributed by atoms with Crippen molar-refractivity contribution in [2.45, 2.75) is 20.5 Å². The van der Waals surface area contributed by atoms with Crippen molar-refractivity contribution in [2.75, 3.05) is 13.1 Å². The number of hydrogen-bond acceptors (Lipinski definition) is 3. The first kappa shape index (κ1) is 17.5. The number of benzene rings is 2. The van der Waals surface area contributed by atoms with Crippen molar-refractivity contribution in [2.24, 2.45) is 0 Å². The second kappa shape index (κ2) is 8.15. The number of carbonyl (C=O) groups excluding carboxylic acids is 1. The number of amides is 1. The van der Waals surface area contributed by atoms with E-state index in [2.05, 4.69) is 0 Å². The Hall–Kier alpha value is -2.82. The molecule has 5 heteroatoms. The minimum absolute atomic E-state index is 0.316. The second-order valence-corrected chi connectivity index (χ2v) is 5.52. The molecule has 126 valence electrons. The van der Waals surface area contributed by atoms with Gasteiger partial charge in [0.05, 0.1) is 0 Å². The van der Waals surface area contributed by atoms with Crippen molar-refractivity contribution in [1.29, 1.82) is 0 Å². The molecule has 0 aliphatic rings. The van der Waals surface area contributed by atoms with E-state index in [0.29, 0.717) is 24.5 Å². The van der Waals surface area contributed by atoms with Crippen LogP contribution in [0.15, 0.2) is 48.5 Å². The second-order valence-electron chi connectivity index (χ2n) is 5.52. The van der Waals surface area contributed by atoms with Gasteiger partial charge in [-0.1, -0.05) is 35.9 Å². The van der Waals surface area contributed by atoms with E-state index in [4.69, 9.17) is 9.84 Å². The lowest BCUT2D eigenvalue weighted by atomic mass is 10.1. The molecule has 0 bridgehead atoms. The van der Waals surface area contributed by atoms with E-state index in [-0.39, 0.29) is 12.5 Å². The lowest BCUT2D eigenvalue weighted by Gasteiger charge is -2.19. The zero-order valence-corrected chi connectivity index (χ0v) is 13.9. The van der Waals surface area contributed by atoms with Gasteiger partial charge in [0, 0.05) is 12.1 Å². The van der Waals surface area contributed by atoms with Crippen molar-refractivity contribution in [3.05, 3.63) is 65.2 Å². The third-order valence-electron chi connectivity index (χ3n) is 3.56. The Kier molecular flexibility index (Phi) is 5.95. The molecular weight excluding hydrogens is 306 g/mol. The van der Waals surface area contributed by atoms with E-state index in [1.807, 2.05) is 31.2 Å². The van der Waals surface area contributed by atoms with Gasteiger partial charge in [-0.05, 0) is 37.6 Å². The summed E-state index contributed by atoms with van der Waals surface area (Å²) in [5.74, 6) is -0.772. The number of aliphatic carboxylic acids is 1. The lowest BCUT2D eigenvalue weighted by molar-refractivity contribution is -0.137. The van der Waals surface area contributed by atoms with Gasteiger partial charge in [0.1, 0.15) is 18.9 Å². The third-order valence-corrected chi connectivity index (χ3v) is 3.56. The van der Waals surface area contributed by atoms with Crippen LogP contribution < -0.4 is 4.74 Å². The predicted octanol–water partition coefficient (Wildman–Crippen LogP) is 3.12. The Morgan fingerprint density at radius 3 is 2.54 bits per heavy atom. The average Bonchev–Trinajstić information content (AvgIpc) is 2.57. The fourth-order valence-electron chi connectivity index (χ4n) is 2.36. The van der Waals surface area contributed by atoms with Crippen LogP contribution in [0.3, 0.4) is 0 Å². The molecule has 0 radical (unpaired) electrons. The highest BCUT2D eigenvalue weighted by molar-refractivity contribution is 5.96. The number of ether oxygens (including phenoxy) is 1. The van der Waals surface area contributed by atoms with Crippen LogP contribution in [-0.2, 0) is 11.4 Å². The van der Waals surface area contributed by atoms with Crippen molar-refractivity contribution >= 4 is 11.9 Å². The molecule has 0 unspecified atom stereocenters. The van der Waals surface area contributed by atoms with Crippen LogP contribution in [0.5, 0.6) is 5.75 Å². The van der Waals surface area contributed by atoms with Crippen LogP contribution in [0.2, 0.25) is 0 Å². The summed E-state index contributed by atoms with van der Waals surface area (Å²) in [6.07, 6.45) is 0. The number of aryl methyl sites for hydroxylation is 1. The summed E-state index contributed by atoms with van der Waals surface area (Å²) >= 11 is 0. The molecule has 0 atom stereocenters. The summed E-state index contributed by atoms with van der Waals surface area (Å²) in [4.78, 5) is 24.5. The normalized spacial score (nSPS) is 10.2. The maximum Gasteiger partial charge on any atom is 0.323 e. The maximum atomic E-state index is 12.4. The van der Waals surface area contributed by atoms with Crippen LogP contribution in [0.1, 0.15) is 28.4 Å². The molecule has 0 spiro atoms. The lowest BCUT2D eigenvalue weighted by Crippen LogP contribution is -2.35. The van der Waals surface area contributed by atoms with Gasteiger partial charge in [0.15, 0.2) is 0 Å². The van der Waals surface area contributed by atoms with E-state index < -0.39 is 5.97 Å². The topological polar surface area (TPSA) is 66.8 Å². The number of likely N-dealkylation sites (N-methyl/N-ethyl adjacent to an activating group) is 1. The van der Waals surface area contributed by atoms with Gasteiger partial charge in [-0.3, -0.25) is 9.59 Å². The zero-order chi connectivity index (χ0) is 17.5. The van der Waals surface area contributed by atoms with E-state index >= 15 is 0 Å². The number of carboxylic acids is 1. The first-order valence-electron chi connectivity index (χ1n) is 7.79.